The molecule has 0 saturated carbocycles. The van der Waals surface area contributed by atoms with Gasteiger partial charge in [0.05, 0.1) is 22.4 Å². The Morgan fingerprint density at radius 1 is 1.06 bits per heavy atom. The molecule has 0 saturated heterocycles. The summed E-state index contributed by atoms with van der Waals surface area (Å²) in [6.45, 7) is 0. The van der Waals surface area contributed by atoms with Gasteiger partial charge in [0.2, 0.25) is 0 Å². The van der Waals surface area contributed by atoms with Gasteiger partial charge in [-0.25, -0.2) is 4.79 Å². The summed E-state index contributed by atoms with van der Waals surface area (Å²) >= 11 is 0. The van der Waals surface area contributed by atoms with Crippen molar-refractivity contribution in [3.05, 3.63) is 22.6 Å². The van der Waals surface area contributed by atoms with Gasteiger partial charge in [0.1, 0.15) is 0 Å². The molecule has 1 heterocycles. The molecule has 2 N–H and O–H groups in total. The predicted octanol–water partition coefficient (Wildman–Crippen LogP) is 1.37. The van der Waals surface area contributed by atoms with E-state index < -0.39 is 0 Å². The number of benzene rings is 1. The van der Waals surface area contributed by atoms with Crippen LogP contribution in [0.3, 0.4) is 0 Å². The van der Waals surface area contributed by atoms with Crippen molar-refractivity contribution in [3.8, 4) is 0 Å². The van der Waals surface area contributed by atoms with Gasteiger partial charge in [0, 0.05) is 28.2 Å². The maximum Gasteiger partial charge on any atom is 0.328 e. The second kappa shape index (κ2) is 5.54. The van der Waals surface area contributed by atoms with Crippen molar-refractivity contribution in [2.24, 2.45) is 14.1 Å². The van der Waals surface area contributed by atoms with Gasteiger partial charge in [-0.2, -0.15) is 0 Å². The van der Waals surface area contributed by atoms with Crippen LogP contribution in [0.4, 0.5) is 11.4 Å². The number of hydrogen-bond acceptors (Lipinski definition) is 3. The first-order valence-electron chi connectivity index (χ1n) is 5.05. The van der Waals surface area contributed by atoms with Crippen LogP contribution in [0, 0.1) is 0 Å². The van der Waals surface area contributed by atoms with Gasteiger partial charge in [0.25, 0.3) is 0 Å². The third kappa shape index (κ3) is 2.28. The Kier molecular flexibility index (Phi) is 5.13. The third-order valence-electron chi connectivity index (χ3n) is 2.90. The molecule has 0 atom stereocenters. The Bertz CT molecular complexity index is 616. The van der Waals surface area contributed by atoms with Crippen LogP contribution in [0.25, 0.3) is 11.0 Å². The molecule has 5 nitrogen and oxygen atoms in total. The zero-order chi connectivity index (χ0) is 12.0. The lowest BCUT2D eigenvalue weighted by Gasteiger charge is -2.15. The Hall–Kier alpha value is -1.33. The predicted molar refractivity (Wildman–Crippen MR) is 81.4 cm³/mol. The highest BCUT2D eigenvalue weighted by Gasteiger charge is 2.11. The molecule has 0 aliphatic rings. The summed E-state index contributed by atoms with van der Waals surface area (Å²) in [5.74, 6) is 0. The molecule has 102 valence electrons. The number of nitrogens with zero attached hydrogens (tertiary/aromatic N) is 3. The minimum atomic E-state index is -0.0368. The van der Waals surface area contributed by atoms with E-state index in [4.69, 9.17) is 5.73 Å². The Morgan fingerprint density at radius 3 is 1.94 bits per heavy atom. The van der Waals surface area contributed by atoms with Crippen LogP contribution >= 0.6 is 24.8 Å². The fraction of sp³-hybridized carbons (Fsp3) is 0.364. The molecule has 0 aliphatic heterocycles. The average molecular weight is 293 g/mol. The minimum absolute atomic E-state index is 0. The summed E-state index contributed by atoms with van der Waals surface area (Å²) in [5.41, 5.74) is 9.27. The van der Waals surface area contributed by atoms with Gasteiger partial charge in [-0.1, -0.05) is 0 Å². The van der Waals surface area contributed by atoms with Crippen LogP contribution in [0.2, 0.25) is 0 Å². The van der Waals surface area contributed by atoms with E-state index >= 15 is 0 Å². The lowest BCUT2D eigenvalue weighted by atomic mass is 10.2. The quantitative estimate of drug-likeness (QED) is 0.808. The number of hydrogen-bond donors (Lipinski definition) is 1. The van der Waals surface area contributed by atoms with Gasteiger partial charge in [0.15, 0.2) is 0 Å². The van der Waals surface area contributed by atoms with E-state index in [-0.39, 0.29) is 30.5 Å². The van der Waals surface area contributed by atoms with E-state index in [9.17, 15) is 4.79 Å². The molecule has 18 heavy (non-hydrogen) atoms. The van der Waals surface area contributed by atoms with Crippen molar-refractivity contribution in [2.75, 3.05) is 24.7 Å². The zero-order valence-electron chi connectivity index (χ0n) is 10.8. The van der Waals surface area contributed by atoms with Crippen LogP contribution < -0.4 is 16.3 Å². The fourth-order valence-corrected chi connectivity index (χ4v) is 1.94. The topological polar surface area (TPSA) is 56.2 Å². The smallest absolute Gasteiger partial charge is 0.328 e. The fourth-order valence-electron chi connectivity index (χ4n) is 1.94. The van der Waals surface area contributed by atoms with E-state index in [2.05, 4.69) is 0 Å². The van der Waals surface area contributed by atoms with Gasteiger partial charge >= 0.3 is 5.69 Å². The van der Waals surface area contributed by atoms with Crippen LogP contribution in [-0.4, -0.2) is 23.2 Å². The first-order valence-corrected chi connectivity index (χ1v) is 5.05. The van der Waals surface area contributed by atoms with Crippen LogP contribution in [0.5, 0.6) is 0 Å². The second-order valence-corrected chi connectivity index (χ2v) is 4.19. The molecule has 0 unspecified atom stereocenters. The van der Waals surface area contributed by atoms with E-state index in [1.54, 1.807) is 23.2 Å². The molecule has 0 fully saturated rings. The van der Waals surface area contributed by atoms with Crippen molar-refractivity contribution in [1.29, 1.82) is 0 Å². The molecule has 1 aromatic carbocycles. The average Bonchev–Trinajstić information content (AvgIpc) is 2.43. The first-order chi connectivity index (χ1) is 7.43. The van der Waals surface area contributed by atoms with Gasteiger partial charge in [-0.3, -0.25) is 9.13 Å². The van der Waals surface area contributed by atoms with Gasteiger partial charge in [-0.15, -0.1) is 24.8 Å². The summed E-state index contributed by atoms with van der Waals surface area (Å²) in [5, 5.41) is 0. The van der Waals surface area contributed by atoms with Crippen LogP contribution in [0.15, 0.2) is 16.9 Å². The standard InChI is InChI=1S/C11H16N4O.2ClH/c1-13(2)8-6-10-9(5-7(8)12)14(3)11(16)15(10)4;;/h5-6H,12H2,1-4H3;2*1H. The molecule has 1 aromatic heterocycles. The molecule has 2 aromatic rings. The maximum atomic E-state index is 11.8. The van der Waals surface area contributed by atoms with E-state index in [0.717, 1.165) is 16.7 Å². The van der Waals surface area contributed by atoms with E-state index in [1.165, 1.54) is 0 Å². The van der Waals surface area contributed by atoms with Crippen LogP contribution in [0.1, 0.15) is 0 Å². The number of imidazole rings is 1. The Morgan fingerprint density at radius 2 is 1.50 bits per heavy atom. The monoisotopic (exact) mass is 292 g/mol. The zero-order valence-corrected chi connectivity index (χ0v) is 12.4. The molecule has 0 spiro atoms. The highest BCUT2D eigenvalue weighted by atomic mass is 35.5. The SMILES string of the molecule is CN(C)c1cc2c(cc1N)n(C)c(=O)n2C.Cl.Cl. The highest BCUT2D eigenvalue weighted by Crippen LogP contribution is 2.26. The summed E-state index contributed by atoms with van der Waals surface area (Å²) in [6, 6.07) is 3.78. The van der Waals surface area contributed by atoms with Crippen molar-refractivity contribution in [3.63, 3.8) is 0 Å². The van der Waals surface area contributed by atoms with Gasteiger partial charge < -0.3 is 10.6 Å². The molecular weight excluding hydrogens is 275 g/mol. The number of aryl methyl sites for hydroxylation is 2. The summed E-state index contributed by atoms with van der Waals surface area (Å²) in [6.07, 6.45) is 0. The number of fused-ring (bicyclic) bond motifs is 1. The normalized spacial score (nSPS) is 9.78. The first kappa shape index (κ1) is 16.7. The number of aromatic nitrogens is 2. The molecule has 2 rings (SSSR count). The van der Waals surface area contributed by atoms with Crippen LogP contribution in [-0.2, 0) is 14.1 Å². The lowest BCUT2D eigenvalue weighted by Crippen LogP contribution is -2.19. The van der Waals surface area contributed by atoms with Crippen molar-refractivity contribution in [2.45, 2.75) is 0 Å². The largest absolute Gasteiger partial charge is 0.397 e. The third-order valence-corrected chi connectivity index (χ3v) is 2.90. The second-order valence-electron chi connectivity index (χ2n) is 4.19. The summed E-state index contributed by atoms with van der Waals surface area (Å²) in [4.78, 5) is 13.7. The number of nitrogens with two attached hydrogens (primary N) is 1. The van der Waals surface area contributed by atoms with Crippen molar-refractivity contribution >= 4 is 47.2 Å². The molecule has 0 amide bonds. The molecule has 7 heteroatoms. The Balaban J connectivity index is 0.00000144. The summed E-state index contributed by atoms with van der Waals surface area (Å²) < 4.78 is 3.23. The number of anilines is 2. The maximum absolute atomic E-state index is 11.8. The number of nitrogen functional groups attached to an aromatic ring is 1. The van der Waals surface area contributed by atoms with Crippen molar-refractivity contribution < 1.29 is 0 Å². The minimum Gasteiger partial charge on any atom is -0.397 e. The number of halogens is 2. The highest BCUT2D eigenvalue weighted by molar-refractivity contribution is 5.87. The van der Waals surface area contributed by atoms with E-state index in [1.807, 2.05) is 31.1 Å². The van der Waals surface area contributed by atoms with E-state index in [0.29, 0.717) is 5.69 Å². The molecule has 0 radical (unpaired) electrons. The van der Waals surface area contributed by atoms with Gasteiger partial charge in [-0.05, 0) is 12.1 Å². The summed E-state index contributed by atoms with van der Waals surface area (Å²) in [7, 11) is 7.37. The number of rotatable bonds is 1. The molecular formula is C11H18Cl2N4O. The lowest BCUT2D eigenvalue weighted by molar-refractivity contribution is 0.795. The molecule has 0 bridgehead atoms. The molecule has 0 aliphatic carbocycles. The Labute approximate surface area is 118 Å². The van der Waals surface area contributed by atoms with Crippen molar-refractivity contribution in [1.82, 2.24) is 9.13 Å².